The molecule has 0 atom stereocenters. The Balaban J connectivity index is 1.69. The molecule has 2 aliphatic rings. The molecule has 202 valence electrons. The Morgan fingerprint density at radius 3 is 2.57 bits per heavy atom. The molecule has 0 unspecified atom stereocenters. The van der Waals surface area contributed by atoms with Crippen LogP contribution < -0.4 is 11.1 Å². The van der Waals surface area contributed by atoms with Gasteiger partial charge in [-0.1, -0.05) is 13.0 Å². The molecule has 0 saturated carbocycles. The molecule has 0 bridgehead atoms. The monoisotopic (exact) mass is 513 g/mol. The minimum Gasteiger partial charge on any atom is -0.444 e. The largest absolute Gasteiger partial charge is 0.444 e. The number of ether oxygens (including phenoxy) is 1. The van der Waals surface area contributed by atoms with Crippen LogP contribution in [0.2, 0.25) is 0 Å². The second kappa shape index (κ2) is 12.7. The molecule has 2 aliphatic heterocycles. The smallest absolute Gasteiger partial charge is 0.407 e. The lowest BCUT2D eigenvalue weighted by atomic mass is 10.0. The van der Waals surface area contributed by atoms with Gasteiger partial charge in [0.15, 0.2) is 0 Å². The molecular weight excluding hydrogens is 474 g/mol. The average Bonchev–Trinajstić information content (AvgIpc) is 3.01. The van der Waals surface area contributed by atoms with Crippen molar-refractivity contribution in [1.82, 2.24) is 15.3 Å². The summed E-state index contributed by atoms with van der Waals surface area (Å²) in [5.74, 6) is -0.0501. The first-order valence-electron chi connectivity index (χ1n) is 13.0. The zero-order chi connectivity index (χ0) is 27.0. The zero-order valence-corrected chi connectivity index (χ0v) is 22.3. The first kappa shape index (κ1) is 28.2. The van der Waals surface area contributed by atoms with E-state index in [0.717, 1.165) is 32.4 Å². The zero-order valence-electron chi connectivity index (χ0n) is 22.3. The van der Waals surface area contributed by atoms with Gasteiger partial charge in [0.05, 0.1) is 12.3 Å². The molecule has 10 heteroatoms. The van der Waals surface area contributed by atoms with E-state index in [-0.39, 0.29) is 37.2 Å². The average molecular weight is 514 g/mol. The lowest BCUT2D eigenvalue weighted by Gasteiger charge is -2.26. The van der Waals surface area contributed by atoms with Gasteiger partial charge in [0.1, 0.15) is 11.4 Å². The van der Waals surface area contributed by atoms with E-state index in [2.05, 4.69) is 10.3 Å². The van der Waals surface area contributed by atoms with Gasteiger partial charge in [-0.3, -0.25) is 14.4 Å². The van der Waals surface area contributed by atoms with Gasteiger partial charge in [-0.2, -0.15) is 0 Å². The van der Waals surface area contributed by atoms with Crippen LogP contribution >= 0.6 is 0 Å². The summed E-state index contributed by atoms with van der Waals surface area (Å²) < 4.78 is 5.21. The van der Waals surface area contributed by atoms with E-state index < -0.39 is 11.7 Å². The van der Waals surface area contributed by atoms with E-state index in [9.17, 15) is 14.4 Å². The summed E-state index contributed by atoms with van der Waals surface area (Å²) in [5.41, 5.74) is 7.84. The number of carbonyl (C=O) groups excluding carboxylic acids is 3. The summed E-state index contributed by atoms with van der Waals surface area (Å²) in [5, 5.41) is 3.90. The van der Waals surface area contributed by atoms with E-state index in [4.69, 9.17) is 15.3 Å². The van der Waals surface area contributed by atoms with Crippen molar-refractivity contribution in [3.63, 3.8) is 0 Å². The Morgan fingerprint density at radius 2 is 1.89 bits per heavy atom. The number of alkyl carbamates (subject to hydrolysis) is 1. The van der Waals surface area contributed by atoms with Crippen molar-refractivity contribution in [1.29, 1.82) is 0 Å². The van der Waals surface area contributed by atoms with Gasteiger partial charge in [-0.15, -0.1) is 0 Å². The van der Waals surface area contributed by atoms with Gasteiger partial charge in [-0.25, -0.2) is 14.9 Å². The quantitative estimate of drug-likeness (QED) is 0.402. The van der Waals surface area contributed by atoms with E-state index in [1.165, 1.54) is 5.06 Å². The molecule has 10 nitrogen and oxygen atoms in total. The Hall–Kier alpha value is -3.40. The number of hydroxylamine groups is 2. The fourth-order valence-corrected chi connectivity index (χ4v) is 4.15. The molecule has 0 radical (unpaired) electrons. The normalized spacial score (nSPS) is 15.6. The molecule has 3 N–H and O–H groups in total. The van der Waals surface area contributed by atoms with Crippen molar-refractivity contribution in [2.45, 2.75) is 65.4 Å². The summed E-state index contributed by atoms with van der Waals surface area (Å²) in [6.45, 7) is 9.47. The number of amides is 3. The summed E-state index contributed by atoms with van der Waals surface area (Å²) >= 11 is 0. The summed E-state index contributed by atoms with van der Waals surface area (Å²) in [6, 6.07) is 5.32. The number of hydrogen-bond donors (Lipinski definition) is 2. The van der Waals surface area contributed by atoms with Gasteiger partial charge >= 0.3 is 6.09 Å². The number of nitrogens with zero attached hydrogens (tertiary/aromatic N) is 3. The Kier molecular flexibility index (Phi) is 9.68. The third-order valence-electron chi connectivity index (χ3n) is 5.83. The Morgan fingerprint density at radius 1 is 1.16 bits per heavy atom. The third-order valence-corrected chi connectivity index (χ3v) is 5.83. The first-order valence-corrected chi connectivity index (χ1v) is 13.0. The van der Waals surface area contributed by atoms with Gasteiger partial charge in [-0.05, 0) is 64.7 Å². The fraction of sp³-hybridized carbons (Fsp3) is 0.556. The molecule has 3 rings (SSSR count). The topological polar surface area (TPSA) is 127 Å². The van der Waals surface area contributed by atoms with Crippen LogP contribution in [0.1, 0.15) is 75.7 Å². The number of piperidine rings is 1. The number of nitrogens with one attached hydrogen (secondary N) is 1. The van der Waals surface area contributed by atoms with Crippen LogP contribution in [0.25, 0.3) is 6.08 Å². The Bertz CT molecular complexity index is 1050. The van der Waals surface area contributed by atoms with Crippen LogP contribution in [0.4, 0.5) is 10.5 Å². The Labute approximate surface area is 218 Å². The molecule has 3 amide bonds. The molecule has 0 spiro atoms. The number of aliphatic imine (C=N–C) groups is 1. The van der Waals surface area contributed by atoms with Crippen molar-refractivity contribution in [3.8, 4) is 0 Å². The first-order chi connectivity index (χ1) is 17.6. The van der Waals surface area contributed by atoms with Crippen LogP contribution in [0.5, 0.6) is 0 Å². The predicted octanol–water partition coefficient (Wildman–Crippen LogP) is 3.78. The standard InChI is InChI=1S/C27H39N5O5/c1-5-12-32(36-15-11-29-26(35)37-27(2,3)4)25(34)21-16-19-9-10-20(17-22(19)30-23(28)18-21)24(33)31-13-7-6-8-14-31/h9-10,16-17H,5-8,11-15,18H2,1-4H3,(H2,28,30)(H,29,35). The number of likely N-dealkylation sites (tertiary alicyclic amines) is 1. The van der Waals surface area contributed by atoms with Crippen molar-refractivity contribution >= 4 is 35.5 Å². The number of hydrogen-bond acceptors (Lipinski definition) is 7. The van der Waals surface area contributed by atoms with Crippen LogP contribution in [0.15, 0.2) is 28.8 Å². The van der Waals surface area contributed by atoms with E-state index in [0.29, 0.717) is 35.4 Å². The van der Waals surface area contributed by atoms with Crippen LogP contribution in [0, 0.1) is 0 Å². The lowest BCUT2D eigenvalue weighted by Crippen LogP contribution is -2.38. The number of fused-ring (bicyclic) bond motifs is 1. The molecule has 0 aromatic heterocycles. The van der Waals surface area contributed by atoms with Crippen molar-refractivity contribution < 1.29 is 24.0 Å². The van der Waals surface area contributed by atoms with Crippen LogP contribution in [0.3, 0.4) is 0 Å². The number of nitrogens with two attached hydrogens (primary N) is 1. The molecule has 1 aromatic carbocycles. The molecule has 1 aromatic rings. The molecular formula is C27H39N5O5. The number of rotatable bonds is 8. The highest BCUT2D eigenvalue weighted by molar-refractivity contribution is 6.05. The molecule has 1 saturated heterocycles. The van der Waals surface area contributed by atoms with E-state index >= 15 is 0 Å². The lowest BCUT2D eigenvalue weighted by molar-refractivity contribution is -0.181. The third kappa shape index (κ3) is 8.31. The summed E-state index contributed by atoms with van der Waals surface area (Å²) in [6.07, 6.45) is 5.22. The summed E-state index contributed by atoms with van der Waals surface area (Å²) in [7, 11) is 0. The van der Waals surface area contributed by atoms with Crippen LogP contribution in [-0.2, 0) is 14.4 Å². The number of amidine groups is 1. The maximum absolute atomic E-state index is 13.3. The number of benzene rings is 1. The van der Waals surface area contributed by atoms with E-state index in [1.807, 2.05) is 11.8 Å². The minimum absolute atomic E-state index is 0.0108. The predicted molar refractivity (Wildman–Crippen MR) is 142 cm³/mol. The maximum atomic E-state index is 13.3. The SMILES string of the molecule is CCCN(OCCNC(=O)OC(C)(C)C)C(=O)C1=Cc2ccc(C(=O)N3CCCCC3)cc2N=C(N)C1. The van der Waals surface area contributed by atoms with Crippen LogP contribution in [-0.4, -0.2) is 72.1 Å². The second-order valence-corrected chi connectivity index (χ2v) is 10.2. The second-order valence-electron chi connectivity index (χ2n) is 10.2. The van der Waals surface area contributed by atoms with E-state index in [1.54, 1.807) is 45.0 Å². The molecule has 1 fully saturated rings. The highest BCUT2D eigenvalue weighted by atomic mass is 16.7. The van der Waals surface area contributed by atoms with Gasteiger partial charge in [0.2, 0.25) is 0 Å². The fourth-order valence-electron chi connectivity index (χ4n) is 4.15. The highest BCUT2D eigenvalue weighted by Gasteiger charge is 2.24. The van der Waals surface area contributed by atoms with Gasteiger partial charge in [0.25, 0.3) is 11.8 Å². The maximum Gasteiger partial charge on any atom is 0.407 e. The minimum atomic E-state index is -0.597. The number of carbonyl (C=O) groups is 3. The van der Waals surface area contributed by atoms with Crippen molar-refractivity contribution in [3.05, 3.63) is 34.9 Å². The molecule has 0 aliphatic carbocycles. The van der Waals surface area contributed by atoms with Gasteiger partial charge < -0.3 is 20.7 Å². The van der Waals surface area contributed by atoms with Gasteiger partial charge in [0, 0.05) is 49.3 Å². The molecule has 2 heterocycles. The summed E-state index contributed by atoms with van der Waals surface area (Å²) in [4.78, 5) is 50.2. The van der Waals surface area contributed by atoms with Crippen molar-refractivity contribution in [2.24, 2.45) is 10.7 Å². The van der Waals surface area contributed by atoms with Crippen molar-refractivity contribution in [2.75, 3.05) is 32.8 Å². The highest BCUT2D eigenvalue weighted by Crippen LogP contribution is 2.29. The molecule has 37 heavy (non-hydrogen) atoms.